The maximum atomic E-state index is 13.8. The van der Waals surface area contributed by atoms with Crippen molar-refractivity contribution in [3.05, 3.63) is 95.6 Å². The quantitative estimate of drug-likeness (QED) is 0.473. The van der Waals surface area contributed by atoms with E-state index in [1.807, 2.05) is 26.0 Å². The molecule has 0 aliphatic carbocycles. The van der Waals surface area contributed by atoms with Gasteiger partial charge in [0.15, 0.2) is 11.4 Å². The van der Waals surface area contributed by atoms with Crippen molar-refractivity contribution >= 4 is 40.9 Å². The van der Waals surface area contributed by atoms with Crippen LogP contribution < -0.4 is 19.6 Å². The molecule has 0 unspecified atom stereocenters. The summed E-state index contributed by atoms with van der Waals surface area (Å²) in [7, 11) is 0. The van der Waals surface area contributed by atoms with Gasteiger partial charge in [-0.15, -0.1) is 0 Å². The molecule has 1 N–H and O–H groups in total. The van der Waals surface area contributed by atoms with E-state index in [-0.39, 0.29) is 11.5 Å². The van der Waals surface area contributed by atoms with Crippen LogP contribution in [0.1, 0.15) is 37.9 Å². The average Bonchev–Trinajstić information content (AvgIpc) is 3.17. The zero-order valence-electron chi connectivity index (χ0n) is 20.6. The van der Waals surface area contributed by atoms with Crippen LogP contribution in [0.2, 0.25) is 5.02 Å². The summed E-state index contributed by atoms with van der Waals surface area (Å²) in [5.41, 5.74) is 2.16. The fourth-order valence-electron chi connectivity index (χ4n) is 4.23. The number of nitrogens with zero attached hydrogens (tertiary/aromatic N) is 3. The van der Waals surface area contributed by atoms with E-state index in [0.29, 0.717) is 50.0 Å². The summed E-state index contributed by atoms with van der Waals surface area (Å²) in [5.74, 6) is -0.860. The van der Waals surface area contributed by atoms with E-state index in [1.54, 1.807) is 58.9 Å². The van der Waals surface area contributed by atoms with Crippen molar-refractivity contribution in [2.75, 3.05) is 19.7 Å². The summed E-state index contributed by atoms with van der Waals surface area (Å²) in [6, 6.07) is 13.3. The van der Waals surface area contributed by atoms with Crippen LogP contribution in [0.5, 0.6) is 5.75 Å². The highest BCUT2D eigenvalue weighted by atomic mass is 35.5. The van der Waals surface area contributed by atoms with Crippen molar-refractivity contribution in [1.29, 1.82) is 0 Å². The molecule has 4 rings (SSSR count). The Morgan fingerprint density at radius 3 is 2.54 bits per heavy atom. The number of allylic oxidation sites excluding steroid dienone is 1. The van der Waals surface area contributed by atoms with Crippen LogP contribution in [0.4, 0.5) is 0 Å². The van der Waals surface area contributed by atoms with Gasteiger partial charge in [-0.05, 0) is 62.2 Å². The number of rotatable bonds is 8. The molecule has 0 radical (unpaired) electrons. The summed E-state index contributed by atoms with van der Waals surface area (Å²) in [6.07, 6.45) is 1.71. The molecule has 0 spiro atoms. The Morgan fingerprint density at radius 2 is 1.89 bits per heavy atom. The van der Waals surface area contributed by atoms with Crippen LogP contribution in [0.3, 0.4) is 0 Å². The van der Waals surface area contributed by atoms with Gasteiger partial charge in [0.1, 0.15) is 5.75 Å². The van der Waals surface area contributed by atoms with Gasteiger partial charge < -0.3 is 14.7 Å². The molecular formula is C27H26ClN3O5S. The smallest absolute Gasteiger partial charge is 0.341 e. The van der Waals surface area contributed by atoms with Gasteiger partial charge in [-0.3, -0.25) is 14.2 Å². The Labute approximate surface area is 222 Å². The fraction of sp³-hybridized carbons (Fsp3) is 0.259. The summed E-state index contributed by atoms with van der Waals surface area (Å²) in [5, 5.41) is 9.42. The van der Waals surface area contributed by atoms with E-state index in [1.165, 1.54) is 11.3 Å². The first-order valence-electron chi connectivity index (χ1n) is 11.7. The maximum absolute atomic E-state index is 13.8. The van der Waals surface area contributed by atoms with Crippen molar-refractivity contribution in [3.8, 4) is 5.75 Å². The summed E-state index contributed by atoms with van der Waals surface area (Å²) >= 11 is 7.36. The molecule has 0 saturated carbocycles. The highest BCUT2D eigenvalue weighted by Gasteiger charge is 2.34. The van der Waals surface area contributed by atoms with Crippen LogP contribution in [0, 0.1) is 0 Å². The lowest BCUT2D eigenvalue weighted by Gasteiger charge is -2.29. The van der Waals surface area contributed by atoms with E-state index in [9.17, 15) is 14.4 Å². The Balaban J connectivity index is 1.87. The number of carboxylic acids is 1. The molecule has 2 aromatic carbocycles. The third kappa shape index (κ3) is 5.52. The van der Waals surface area contributed by atoms with Crippen LogP contribution in [0.15, 0.2) is 69.6 Å². The van der Waals surface area contributed by atoms with Gasteiger partial charge in [0, 0.05) is 18.1 Å². The molecule has 0 saturated heterocycles. The zero-order valence-corrected chi connectivity index (χ0v) is 22.2. The van der Waals surface area contributed by atoms with E-state index in [2.05, 4.69) is 4.99 Å². The molecule has 8 nitrogen and oxygen atoms in total. The summed E-state index contributed by atoms with van der Waals surface area (Å²) in [4.78, 5) is 45.0. The largest absolute Gasteiger partial charge is 0.482 e. The van der Waals surface area contributed by atoms with E-state index < -0.39 is 18.6 Å². The summed E-state index contributed by atoms with van der Waals surface area (Å²) < 4.78 is 7.25. The number of carboxylic acid groups (broad SMARTS) is 1. The minimum absolute atomic E-state index is 0.163. The number of fused-ring (bicyclic) bond motifs is 1. The number of thiazole rings is 1. The number of ether oxygens (including phenoxy) is 1. The minimum atomic E-state index is -1.08. The molecule has 1 amide bonds. The third-order valence-electron chi connectivity index (χ3n) is 6.01. The van der Waals surface area contributed by atoms with Gasteiger partial charge in [0.2, 0.25) is 0 Å². The van der Waals surface area contributed by atoms with Crippen LogP contribution >= 0.6 is 22.9 Å². The van der Waals surface area contributed by atoms with E-state index in [0.717, 1.165) is 5.56 Å². The van der Waals surface area contributed by atoms with Crippen molar-refractivity contribution < 1.29 is 19.4 Å². The molecule has 0 bridgehead atoms. The van der Waals surface area contributed by atoms with Gasteiger partial charge >= 0.3 is 5.97 Å². The highest BCUT2D eigenvalue weighted by Crippen LogP contribution is 2.31. The van der Waals surface area contributed by atoms with Crippen LogP contribution in [-0.2, 0) is 9.59 Å². The second kappa shape index (κ2) is 11.1. The molecule has 0 fully saturated rings. The van der Waals surface area contributed by atoms with Crippen molar-refractivity contribution in [3.63, 3.8) is 0 Å². The molecule has 192 valence electrons. The number of carbonyl (C=O) groups is 2. The Morgan fingerprint density at radius 1 is 1.19 bits per heavy atom. The molecule has 2 heterocycles. The second-order valence-electron chi connectivity index (χ2n) is 8.37. The highest BCUT2D eigenvalue weighted by molar-refractivity contribution is 7.07. The van der Waals surface area contributed by atoms with E-state index >= 15 is 0 Å². The van der Waals surface area contributed by atoms with Crippen LogP contribution in [0.25, 0.3) is 6.08 Å². The Bertz CT molecular complexity index is 1550. The molecule has 37 heavy (non-hydrogen) atoms. The topological polar surface area (TPSA) is 101 Å². The van der Waals surface area contributed by atoms with Crippen molar-refractivity contribution in [2.45, 2.75) is 26.8 Å². The number of aliphatic carboxylic acids is 1. The summed E-state index contributed by atoms with van der Waals surface area (Å²) in [6.45, 7) is 6.22. The maximum Gasteiger partial charge on any atom is 0.341 e. The molecule has 1 aliphatic heterocycles. The van der Waals surface area contributed by atoms with Crippen LogP contribution in [-0.4, -0.2) is 46.1 Å². The van der Waals surface area contributed by atoms with Crippen molar-refractivity contribution in [2.24, 2.45) is 4.99 Å². The van der Waals surface area contributed by atoms with Gasteiger partial charge in [0.05, 0.1) is 21.8 Å². The first-order valence-corrected chi connectivity index (χ1v) is 12.9. The first-order chi connectivity index (χ1) is 17.7. The number of carbonyl (C=O) groups excluding carboxylic acids is 1. The number of halogens is 1. The zero-order chi connectivity index (χ0) is 26.7. The van der Waals surface area contributed by atoms with Gasteiger partial charge in [-0.1, -0.05) is 47.2 Å². The molecule has 1 aliphatic rings. The predicted molar refractivity (Wildman–Crippen MR) is 143 cm³/mol. The van der Waals surface area contributed by atoms with Gasteiger partial charge in [-0.2, -0.15) is 0 Å². The number of amides is 1. The molecular weight excluding hydrogens is 514 g/mol. The van der Waals surface area contributed by atoms with E-state index in [4.69, 9.17) is 21.4 Å². The van der Waals surface area contributed by atoms with Gasteiger partial charge in [0.25, 0.3) is 11.5 Å². The molecule has 1 atom stereocenters. The van der Waals surface area contributed by atoms with Crippen molar-refractivity contribution in [1.82, 2.24) is 9.47 Å². The SMILES string of the molecule is CCN(CC)C(=O)C1=C(C)N=c2s/c(=C/c3cccc(OCC(=O)O)c3)c(=O)n2[C@H]1c1ccc(Cl)cc1. The minimum Gasteiger partial charge on any atom is -0.482 e. The lowest BCUT2D eigenvalue weighted by Crippen LogP contribution is -2.43. The Kier molecular flexibility index (Phi) is 7.94. The average molecular weight is 540 g/mol. The normalized spacial score (nSPS) is 15.2. The first kappa shape index (κ1) is 26.4. The number of aromatic nitrogens is 1. The third-order valence-corrected chi connectivity index (χ3v) is 7.24. The lowest BCUT2D eigenvalue weighted by molar-refractivity contribution is -0.139. The number of hydrogen-bond acceptors (Lipinski definition) is 6. The molecule has 10 heteroatoms. The number of hydrogen-bond donors (Lipinski definition) is 1. The second-order valence-corrected chi connectivity index (χ2v) is 9.81. The number of benzene rings is 2. The Hall–Kier alpha value is -3.69. The van der Waals surface area contributed by atoms with Gasteiger partial charge in [-0.25, -0.2) is 9.79 Å². The number of likely N-dealkylation sites (N-methyl/N-ethyl adjacent to an activating group) is 1. The lowest BCUT2D eigenvalue weighted by atomic mass is 9.94. The standard InChI is InChI=1S/C27H26ClN3O5S/c1-4-30(5-2)26(35)23-16(3)29-27-31(24(23)18-9-11-19(28)12-10-18)25(34)21(37-27)14-17-7-6-8-20(13-17)36-15-22(32)33/h6-14,24H,4-5,15H2,1-3H3,(H,32,33)/b21-14+/t24-/m0/s1. The fourth-order valence-corrected chi connectivity index (χ4v) is 5.40. The monoisotopic (exact) mass is 539 g/mol. The predicted octanol–water partition coefficient (Wildman–Crippen LogP) is 3.22. The molecule has 3 aromatic rings. The molecule has 1 aromatic heterocycles.